The number of hydrogen-bond acceptors (Lipinski definition) is 5. The Bertz CT molecular complexity index is 863. The molecule has 0 fully saturated rings. The Balaban J connectivity index is 2.46. The van der Waals surface area contributed by atoms with Gasteiger partial charge in [0.05, 0.1) is 5.69 Å². The third-order valence-electron chi connectivity index (χ3n) is 3.20. The first-order chi connectivity index (χ1) is 11.2. The largest absolute Gasteiger partial charge is 0.382 e. The van der Waals surface area contributed by atoms with E-state index in [1.54, 1.807) is 19.9 Å². The van der Waals surface area contributed by atoms with Crippen molar-refractivity contribution in [2.24, 2.45) is 0 Å². The van der Waals surface area contributed by atoms with Gasteiger partial charge < -0.3 is 11.1 Å². The van der Waals surface area contributed by atoms with Crippen molar-refractivity contribution >= 4 is 26.8 Å². The molecule has 0 aliphatic heterocycles. The van der Waals surface area contributed by atoms with Crippen molar-refractivity contribution in [2.45, 2.75) is 26.8 Å². The first kappa shape index (κ1) is 17.7. The molecule has 0 radical (unpaired) electrons. The molecule has 7 nitrogen and oxygen atoms in total. The number of amides is 1. The molecule has 1 aromatic heterocycles. The number of nitrogens with zero attached hydrogens (tertiary/aromatic N) is 1. The van der Waals surface area contributed by atoms with Gasteiger partial charge in [-0.1, -0.05) is 29.8 Å². The van der Waals surface area contributed by atoms with E-state index < -0.39 is 15.3 Å². The summed E-state index contributed by atoms with van der Waals surface area (Å²) in [4.78, 5) is 15.8. The Hall–Kier alpha value is -2.61. The molecular weight excluding hydrogens is 328 g/mol. The molecule has 2 aromatic rings. The summed E-state index contributed by atoms with van der Waals surface area (Å²) in [6, 6.07) is 8.83. The molecule has 24 heavy (non-hydrogen) atoms. The number of carbonyl (C=O) groups excluding carboxylic acids is 1. The normalized spacial score (nSPS) is 11.3. The fourth-order valence-electron chi connectivity index (χ4n) is 2.13. The van der Waals surface area contributed by atoms with E-state index in [0.29, 0.717) is 5.56 Å². The smallest absolute Gasteiger partial charge is 0.357 e. The van der Waals surface area contributed by atoms with Crippen LogP contribution in [0.15, 0.2) is 36.5 Å². The van der Waals surface area contributed by atoms with Crippen LogP contribution < -0.4 is 15.8 Å². The van der Waals surface area contributed by atoms with Crippen molar-refractivity contribution < 1.29 is 13.2 Å². The summed E-state index contributed by atoms with van der Waals surface area (Å²) in [5, 5.41) is 1.23. The second kappa shape index (κ2) is 6.88. The van der Waals surface area contributed by atoms with Crippen LogP contribution in [0.25, 0.3) is 11.1 Å². The van der Waals surface area contributed by atoms with Gasteiger partial charge in [-0.2, -0.15) is 8.42 Å². The Morgan fingerprint density at radius 3 is 2.58 bits per heavy atom. The summed E-state index contributed by atoms with van der Waals surface area (Å²) in [5.41, 5.74) is 8.25. The fourth-order valence-corrected chi connectivity index (χ4v) is 3.10. The quantitative estimate of drug-likeness (QED) is 0.785. The van der Waals surface area contributed by atoms with Gasteiger partial charge in [0.1, 0.15) is 5.82 Å². The number of nitrogens with two attached hydrogens (primary N) is 1. The SMILES string of the molecule is Cc1cccc(-c2ccnc(N)c2NS(=O)(=O)C(=O)NC(C)C)c1. The van der Waals surface area contributed by atoms with Gasteiger partial charge in [0.2, 0.25) is 0 Å². The lowest BCUT2D eigenvalue weighted by Gasteiger charge is -2.15. The number of anilines is 2. The van der Waals surface area contributed by atoms with Gasteiger partial charge in [-0.05, 0) is 32.4 Å². The molecule has 0 saturated carbocycles. The molecule has 0 spiro atoms. The molecule has 128 valence electrons. The van der Waals surface area contributed by atoms with E-state index in [9.17, 15) is 13.2 Å². The number of nitrogens with one attached hydrogen (secondary N) is 2. The molecule has 0 saturated heterocycles. The van der Waals surface area contributed by atoms with Crippen molar-refractivity contribution in [3.05, 3.63) is 42.1 Å². The van der Waals surface area contributed by atoms with Crippen LogP contribution >= 0.6 is 0 Å². The average molecular weight is 348 g/mol. The number of sulfonamides is 1. The number of nitrogen functional groups attached to an aromatic ring is 1. The Morgan fingerprint density at radius 2 is 1.96 bits per heavy atom. The predicted molar refractivity (Wildman–Crippen MR) is 95.0 cm³/mol. The maximum Gasteiger partial charge on any atom is 0.357 e. The van der Waals surface area contributed by atoms with E-state index in [-0.39, 0.29) is 17.5 Å². The Labute approximate surface area is 141 Å². The molecule has 2 rings (SSSR count). The highest BCUT2D eigenvalue weighted by Gasteiger charge is 2.25. The van der Waals surface area contributed by atoms with E-state index in [1.807, 2.05) is 31.2 Å². The lowest BCUT2D eigenvalue weighted by atomic mass is 10.0. The summed E-state index contributed by atoms with van der Waals surface area (Å²) in [5.74, 6) is -0.00470. The summed E-state index contributed by atoms with van der Waals surface area (Å²) in [7, 11) is -4.29. The van der Waals surface area contributed by atoms with Gasteiger partial charge in [-0.3, -0.25) is 9.52 Å². The number of aromatic nitrogens is 1. The Morgan fingerprint density at radius 1 is 1.25 bits per heavy atom. The number of benzene rings is 1. The van der Waals surface area contributed by atoms with Crippen molar-refractivity contribution in [2.75, 3.05) is 10.5 Å². The minimum absolute atomic E-state index is 0.00470. The zero-order valence-electron chi connectivity index (χ0n) is 13.7. The van der Waals surface area contributed by atoms with Gasteiger partial charge in [0.25, 0.3) is 0 Å². The second-order valence-corrected chi connectivity index (χ2v) is 7.26. The van der Waals surface area contributed by atoms with Crippen molar-refractivity contribution in [1.29, 1.82) is 0 Å². The van der Waals surface area contributed by atoms with Crippen LogP contribution in [0.2, 0.25) is 0 Å². The van der Waals surface area contributed by atoms with Crippen molar-refractivity contribution in [3.8, 4) is 11.1 Å². The lowest BCUT2D eigenvalue weighted by Crippen LogP contribution is -2.38. The maximum absolute atomic E-state index is 12.2. The number of aryl methyl sites for hydroxylation is 1. The highest BCUT2D eigenvalue weighted by atomic mass is 32.2. The van der Waals surface area contributed by atoms with Crippen LogP contribution in [0.5, 0.6) is 0 Å². The van der Waals surface area contributed by atoms with E-state index in [1.165, 1.54) is 6.20 Å². The van der Waals surface area contributed by atoms with Crippen molar-refractivity contribution in [3.63, 3.8) is 0 Å². The molecule has 4 N–H and O–H groups in total. The maximum atomic E-state index is 12.2. The van der Waals surface area contributed by atoms with Gasteiger partial charge in [0, 0.05) is 17.8 Å². The highest BCUT2D eigenvalue weighted by Crippen LogP contribution is 2.32. The van der Waals surface area contributed by atoms with Gasteiger partial charge in [-0.25, -0.2) is 4.98 Å². The number of carbonyl (C=O) groups is 1. The van der Waals surface area contributed by atoms with Crippen LogP contribution in [-0.2, 0) is 10.0 Å². The van der Waals surface area contributed by atoms with E-state index in [0.717, 1.165) is 11.1 Å². The zero-order chi connectivity index (χ0) is 17.9. The topological polar surface area (TPSA) is 114 Å². The second-order valence-electron chi connectivity index (χ2n) is 5.68. The van der Waals surface area contributed by atoms with Crippen LogP contribution in [0.4, 0.5) is 16.3 Å². The number of pyridine rings is 1. The molecule has 0 bridgehead atoms. The minimum atomic E-state index is -4.29. The van der Waals surface area contributed by atoms with Gasteiger partial charge in [0.15, 0.2) is 0 Å². The standard InChI is InChI=1S/C16H20N4O3S/c1-10(2)19-16(21)24(22,23)20-14-13(7-8-18-15(14)17)12-6-4-5-11(3)9-12/h4-10,20H,1-3H3,(H2,17,18)(H,19,21). The predicted octanol–water partition coefficient (Wildman–Crippen LogP) is 2.50. The van der Waals surface area contributed by atoms with Crippen LogP contribution in [0.1, 0.15) is 19.4 Å². The van der Waals surface area contributed by atoms with E-state index in [2.05, 4.69) is 15.0 Å². The molecule has 0 unspecified atom stereocenters. The molecule has 0 atom stereocenters. The van der Waals surface area contributed by atoms with Crippen LogP contribution in [-0.4, -0.2) is 24.7 Å². The Kier molecular flexibility index (Phi) is 5.08. The molecule has 1 heterocycles. The first-order valence-corrected chi connectivity index (χ1v) is 8.84. The summed E-state index contributed by atoms with van der Waals surface area (Å²) < 4.78 is 26.7. The number of rotatable bonds is 4. The monoisotopic (exact) mass is 348 g/mol. The van der Waals surface area contributed by atoms with E-state index in [4.69, 9.17) is 5.73 Å². The van der Waals surface area contributed by atoms with Gasteiger partial charge in [-0.15, -0.1) is 0 Å². The lowest BCUT2D eigenvalue weighted by molar-refractivity contribution is 0.256. The average Bonchev–Trinajstić information content (AvgIpc) is 2.48. The third kappa shape index (κ3) is 4.02. The molecule has 0 aliphatic carbocycles. The molecule has 1 aromatic carbocycles. The molecular formula is C16H20N4O3S. The zero-order valence-corrected chi connectivity index (χ0v) is 14.5. The summed E-state index contributed by atoms with van der Waals surface area (Å²) in [6.45, 7) is 5.27. The van der Waals surface area contributed by atoms with E-state index >= 15 is 0 Å². The summed E-state index contributed by atoms with van der Waals surface area (Å²) >= 11 is 0. The van der Waals surface area contributed by atoms with Crippen molar-refractivity contribution in [1.82, 2.24) is 10.3 Å². The minimum Gasteiger partial charge on any atom is -0.382 e. The molecule has 0 aliphatic rings. The van der Waals surface area contributed by atoms with Crippen LogP contribution in [0, 0.1) is 6.92 Å². The fraction of sp³-hybridized carbons (Fsp3) is 0.250. The van der Waals surface area contributed by atoms with Crippen LogP contribution in [0.3, 0.4) is 0 Å². The highest BCUT2D eigenvalue weighted by molar-refractivity contribution is 8.07. The molecule has 8 heteroatoms. The molecule has 1 amide bonds. The number of hydrogen-bond donors (Lipinski definition) is 3. The van der Waals surface area contributed by atoms with Gasteiger partial charge >= 0.3 is 15.3 Å². The summed E-state index contributed by atoms with van der Waals surface area (Å²) in [6.07, 6.45) is 1.49. The third-order valence-corrected chi connectivity index (χ3v) is 4.28. The first-order valence-electron chi connectivity index (χ1n) is 7.35.